The van der Waals surface area contributed by atoms with Crippen LogP contribution in [0.4, 0.5) is 0 Å². The SMILES string of the molecule is COC(=O)CCN1C(=O)C(C(C)C)NC1CC(C)C. The van der Waals surface area contributed by atoms with E-state index in [9.17, 15) is 9.59 Å². The summed E-state index contributed by atoms with van der Waals surface area (Å²) in [7, 11) is 1.37. The Morgan fingerprint density at radius 3 is 2.47 bits per heavy atom. The Balaban J connectivity index is 2.70. The predicted molar refractivity (Wildman–Crippen MR) is 73.4 cm³/mol. The second-order valence-corrected chi connectivity index (χ2v) is 5.89. The number of nitrogens with zero attached hydrogens (tertiary/aromatic N) is 1. The molecule has 1 fully saturated rings. The third-order valence-electron chi connectivity index (χ3n) is 3.44. The average Bonchev–Trinajstić information content (AvgIpc) is 2.62. The van der Waals surface area contributed by atoms with E-state index in [0.29, 0.717) is 12.5 Å². The third kappa shape index (κ3) is 4.20. The van der Waals surface area contributed by atoms with Crippen LogP contribution in [0.25, 0.3) is 0 Å². The van der Waals surface area contributed by atoms with Crippen molar-refractivity contribution in [1.82, 2.24) is 10.2 Å². The van der Waals surface area contributed by atoms with E-state index in [1.807, 2.05) is 13.8 Å². The maximum Gasteiger partial charge on any atom is 0.307 e. The number of esters is 1. The van der Waals surface area contributed by atoms with Crippen LogP contribution in [0.5, 0.6) is 0 Å². The fourth-order valence-electron chi connectivity index (χ4n) is 2.40. The van der Waals surface area contributed by atoms with E-state index in [4.69, 9.17) is 0 Å². The highest BCUT2D eigenvalue weighted by Crippen LogP contribution is 2.21. The molecule has 2 atom stereocenters. The zero-order chi connectivity index (χ0) is 14.6. The molecule has 0 spiro atoms. The van der Waals surface area contributed by atoms with Crippen LogP contribution >= 0.6 is 0 Å². The second-order valence-electron chi connectivity index (χ2n) is 5.89. The van der Waals surface area contributed by atoms with E-state index in [1.54, 1.807) is 4.90 Å². The molecule has 0 radical (unpaired) electrons. The summed E-state index contributed by atoms with van der Waals surface area (Å²) in [5, 5.41) is 3.39. The van der Waals surface area contributed by atoms with E-state index in [1.165, 1.54) is 7.11 Å². The summed E-state index contributed by atoms with van der Waals surface area (Å²) < 4.78 is 4.64. The van der Waals surface area contributed by atoms with Crippen LogP contribution in [-0.4, -0.2) is 42.6 Å². The molecule has 1 saturated heterocycles. The first-order valence-electron chi connectivity index (χ1n) is 7.00. The minimum atomic E-state index is -0.274. The molecule has 1 aliphatic rings. The Morgan fingerprint density at radius 2 is 2.00 bits per heavy atom. The van der Waals surface area contributed by atoms with Crippen molar-refractivity contribution in [2.45, 2.75) is 52.7 Å². The van der Waals surface area contributed by atoms with Gasteiger partial charge in [0.15, 0.2) is 0 Å². The number of nitrogens with one attached hydrogen (secondary N) is 1. The van der Waals surface area contributed by atoms with E-state index in [-0.39, 0.29) is 36.4 Å². The van der Waals surface area contributed by atoms with Crippen molar-refractivity contribution in [3.05, 3.63) is 0 Å². The van der Waals surface area contributed by atoms with Crippen molar-refractivity contribution in [3.8, 4) is 0 Å². The zero-order valence-electron chi connectivity index (χ0n) is 12.6. The molecule has 110 valence electrons. The first kappa shape index (κ1) is 16.0. The molecule has 1 amide bonds. The largest absolute Gasteiger partial charge is 0.469 e. The number of ether oxygens (including phenoxy) is 1. The third-order valence-corrected chi connectivity index (χ3v) is 3.44. The summed E-state index contributed by atoms with van der Waals surface area (Å²) in [4.78, 5) is 25.4. The maximum atomic E-state index is 12.4. The van der Waals surface area contributed by atoms with Gasteiger partial charge in [-0.05, 0) is 18.3 Å². The zero-order valence-corrected chi connectivity index (χ0v) is 12.6. The molecule has 2 unspecified atom stereocenters. The van der Waals surface area contributed by atoms with Crippen LogP contribution in [0.15, 0.2) is 0 Å². The van der Waals surface area contributed by atoms with E-state index in [0.717, 1.165) is 6.42 Å². The first-order chi connectivity index (χ1) is 8.86. The maximum absolute atomic E-state index is 12.4. The summed E-state index contributed by atoms with van der Waals surface area (Å²) in [6.07, 6.45) is 1.18. The number of carbonyl (C=O) groups is 2. The summed E-state index contributed by atoms with van der Waals surface area (Å²) in [6.45, 7) is 8.76. The highest BCUT2D eigenvalue weighted by molar-refractivity contribution is 5.85. The number of hydrogen-bond acceptors (Lipinski definition) is 4. The molecule has 1 heterocycles. The molecule has 0 aromatic carbocycles. The van der Waals surface area contributed by atoms with Gasteiger partial charge in [-0.2, -0.15) is 0 Å². The molecule has 19 heavy (non-hydrogen) atoms. The topological polar surface area (TPSA) is 58.6 Å². The van der Waals surface area contributed by atoms with Gasteiger partial charge in [0.2, 0.25) is 5.91 Å². The molecule has 0 aromatic rings. The van der Waals surface area contributed by atoms with Gasteiger partial charge >= 0.3 is 5.97 Å². The number of methoxy groups -OCH3 is 1. The van der Waals surface area contributed by atoms with Crippen molar-refractivity contribution in [2.75, 3.05) is 13.7 Å². The number of rotatable bonds is 6. The first-order valence-corrected chi connectivity index (χ1v) is 7.00. The van der Waals surface area contributed by atoms with Gasteiger partial charge in [0.25, 0.3) is 0 Å². The Hall–Kier alpha value is -1.10. The highest BCUT2D eigenvalue weighted by Gasteiger charge is 2.40. The molecule has 1 aliphatic heterocycles. The normalized spacial score (nSPS) is 23.5. The van der Waals surface area contributed by atoms with Gasteiger partial charge in [-0.15, -0.1) is 0 Å². The summed E-state index contributed by atoms with van der Waals surface area (Å²) in [6, 6.07) is -0.138. The van der Waals surface area contributed by atoms with Gasteiger partial charge in [0, 0.05) is 6.54 Å². The number of carbonyl (C=O) groups excluding carboxylic acids is 2. The lowest BCUT2D eigenvalue weighted by molar-refractivity contribution is -0.141. The van der Waals surface area contributed by atoms with Crippen LogP contribution in [0.1, 0.15) is 40.5 Å². The quantitative estimate of drug-likeness (QED) is 0.741. The van der Waals surface area contributed by atoms with E-state index < -0.39 is 0 Å². The molecule has 1 rings (SSSR count). The van der Waals surface area contributed by atoms with Crippen LogP contribution in [0.2, 0.25) is 0 Å². The summed E-state index contributed by atoms with van der Waals surface area (Å²) >= 11 is 0. The van der Waals surface area contributed by atoms with Crippen LogP contribution in [0, 0.1) is 11.8 Å². The van der Waals surface area contributed by atoms with Crippen LogP contribution in [-0.2, 0) is 14.3 Å². The molecule has 5 heteroatoms. The van der Waals surface area contributed by atoms with Gasteiger partial charge in [0.1, 0.15) is 0 Å². The van der Waals surface area contributed by atoms with Crippen molar-refractivity contribution >= 4 is 11.9 Å². The molecule has 1 N–H and O–H groups in total. The second kappa shape index (κ2) is 6.89. The van der Waals surface area contributed by atoms with Gasteiger partial charge in [0.05, 0.1) is 25.7 Å². The lowest BCUT2D eigenvalue weighted by Crippen LogP contribution is -2.39. The Kier molecular flexibility index (Phi) is 5.79. The molecule has 0 bridgehead atoms. The molecule has 0 aliphatic carbocycles. The van der Waals surface area contributed by atoms with E-state index in [2.05, 4.69) is 23.9 Å². The van der Waals surface area contributed by atoms with Gasteiger partial charge in [-0.25, -0.2) is 0 Å². The van der Waals surface area contributed by atoms with Gasteiger partial charge < -0.3 is 9.64 Å². The summed E-state index contributed by atoms with van der Waals surface area (Å²) in [5.41, 5.74) is 0. The fourth-order valence-corrected chi connectivity index (χ4v) is 2.40. The minimum Gasteiger partial charge on any atom is -0.469 e. The Bertz CT molecular complexity index is 329. The highest BCUT2D eigenvalue weighted by atomic mass is 16.5. The van der Waals surface area contributed by atoms with E-state index >= 15 is 0 Å². The molecule has 0 aromatic heterocycles. The smallest absolute Gasteiger partial charge is 0.307 e. The Morgan fingerprint density at radius 1 is 1.37 bits per heavy atom. The lowest BCUT2D eigenvalue weighted by Gasteiger charge is -2.25. The number of hydrogen-bond donors (Lipinski definition) is 1. The lowest BCUT2D eigenvalue weighted by atomic mass is 10.0. The molecule has 0 saturated carbocycles. The fraction of sp³-hybridized carbons (Fsp3) is 0.857. The molecular weight excluding hydrogens is 244 g/mol. The van der Waals surface area contributed by atoms with Crippen LogP contribution < -0.4 is 5.32 Å². The van der Waals surface area contributed by atoms with Gasteiger partial charge in [-0.1, -0.05) is 27.7 Å². The number of amides is 1. The average molecular weight is 270 g/mol. The standard InChI is InChI=1S/C14H26N2O3/c1-9(2)8-11-15-13(10(3)4)14(18)16(11)7-6-12(17)19-5/h9-11,13,15H,6-8H2,1-5H3. The molecular formula is C14H26N2O3. The minimum absolute atomic E-state index is 0.0320. The monoisotopic (exact) mass is 270 g/mol. The Labute approximate surface area is 115 Å². The summed E-state index contributed by atoms with van der Waals surface area (Å²) in [5.74, 6) is 0.579. The van der Waals surface area contributed by atoms with Crippen molar-refractivity contribution < 1.29 is 14.3 Å². The van der Waals surface area contributed by atoms with Crippen molar-refractivity contribution in [2.24, 2.45) is 11.8 Å². The van der Waals surface area contributed by atoms with Crippen molar-refractivity contribution in [1.29, 1.82) is 0 Å². The van der Waals surface area contributed by atoms with Crippen molar-refractivity contribution in [3.63, 3.8) is 0 Å². The predicted octanol–water partition coefficient (Wildman–Crippen LogP) is 1.38. The van der Waals surface area contributed by atoms with Crippen LogP contribution in [0.3, 0.4) is 0 Å². The van der Waals surface area contributed by atoms with Gasteiger partial charge in [-0.3, -0.25) is 14.9 Å². The molecule has 5 nitrogen and oxygen atoms in total.